The molecule has 1 aromatic carbocycles. The van der Waals surface area contributed by atoms with Crippen LogP contribution in [0.5, 0.6) is 0 Å². The zero-order valence-electron chi connectivity index (χ0n) is 10.4. The third kappa shape index (κ3) is 4.04. The third-order valence-corrected chi connectivity index (χ3v) is 5.67. The van der Waals surface area contributed by atoms with Gasteiger partial charge in [-0.05, 0) is 17.7 Å². The summed E-state index contributed by atoms with van der Waals surface area (Å²) in [7, 11) is -1.72. The Morgan fingerprint density at radius 2 is 1.84 bits per heavy atom. The Morgan fingerprint density at radius 1 is 1.16 bits per heavy atom. The molecule has 0 bridgehead atoms. The molecular formula is C13H14ClNO2S2. The lowest BCUT2D eigenvalue weighted by Gasteiger charge is -2.16. The molecule has 0 aliphatic heterocycles. The van der Waals surface area contributed by atoms with Crippen molar-refractivity contribution >= 4 is 33.0 Å². The molecule has 0 saturated heterocycles. The standard InChI is InChI=1S/C13H14ClNO2S2/c1-15(9-12-7-8-13(14)18-12)19(16,17)10-11-5-3-2-4-6-11/h2-8H,9-10H2,1H3. The van der Waals surface area contributed by atoms with Gasteiger partial charge in [-0.15, -0.1) is 11.3 Å². The second-order valence-corrected chi connectivity index (χ2v) is 8.08. The van der Waals surface area contributed by atoms with Gasteiger partial charge >= 0.3 is 0 Å². The van der Waals surface area contributed by atoms with Gasteiger partial charge in [0.15, 0.2) is 0 Å². The topological polar surface area (TPSA) is 37.4 Å². The van der Waals surface area contributed by atoms with Gasteiger partial charge < -0.3 is 0 Å². The first-order chi connectivity index (χ1) is 8.97. The predicted molar refractivity (Wildman–Crippen MR) is 79.9 cm³/mol. The van der Waals surface area contributed by atoms with Crippen LogP contribution in [0.25, 0.3) is 0 Å². The van der Waals surface area contributed by atoms with E-state index in [1.165, 1.54) is 15.6 Å². The molecule has 0 amide bonds. The first-order valence-corrected chi connectivity index (χ1v) is 8.50. The molecule has 19 heavy (non-hydrogen) atoms. The minimum Gasteiger partial charge on any atom is -0.212 e. The van der Waals surface area contributed by atoms with Gasteiger partial charge in [-0.25, -0.2) is 8.42 Å². The van der Waals surface area contributed by atoms with E-state index in [9.17, 15) is 8.42 Å². The maximum absolute atomic E-state index is 12.2. The van der Waals surface area contributed by atoms with Crippen LogP contribution < -0.4 is 0 Å². The number of thiophene rings is 1. The fraction of sp³-hybridized carbons (Fsp3) is 0.231. The molecule has 0 unspecified atom stereocenters. The van der Waals surface area contributed by atoms with Gasteiger partial charge in [-0.1, -0.05) is 41.9 Å². The van der Waals surface area contributed by atoms with E-state index in [4.69, 9.17) is 11.6 Å². The van der Waals surface area contributed by atoms with Crippen molar-refractivity contribution < 1.29 is 8.42 Å². The monoisotopic (exact) mass is 315 g/mol. The molecule has 1 heterocycles. The fourth-order valence-electron chi connectivity index (χ4n) is 1.65. The SMILES string of the molecule is CN(Cc1ccc(Cl)s1)S(=O)(=O)Cc1ccccc1. The van der Waals surface area contributed by atoms with E-state index < -0.39 is 10.0 Å². The second kappa shape index (κ2) is 6.05. The first kappa shape index (κ1) is 14.5. The predicted octanol–water partition coefficient (Wildman–Crippen LogP) is 3.36. The lowest BCUT2D eigenvalue weighted by Crippen LogP contribution is -2.27. The van der Waals surface area contributed by atoms with E-state index in [0.717, 1.165) is 10.4 Å². The molecule has 1 aromatic heterocycles. The quantitative estimate of drug-likeness (QED) is 0.848. The van der Waals surface area contributed by atoms with Gasteiger partial charge in [-0.3, -0.25) is 0 Å². The second-order valence-electron chi connectivity index (χ2n) is 4.20. The number of nitrogens with zero attached hydrogens (tertiary/aromatic N) is 1. The zero-order chi connectivity index (χ0) is 13.9. The fourth-order valence-corrected chi connectivity index (χ4v) is 4.04. The summed E-state index contributed by atoms with van der Waals surface area (Å²) in [4.78, 5) is 0.934. The van der Waals surface area contributed by atoms with E-state index >= 15 is 0 Å². The van der Waals surface area contributed by atoms with E-state index in [2.05, 4.69) is 0 Å². The van der Waals surface area contributed by atoms with Crippen LogP contribution in [0.4, 0.5) is 0 Å². The van der Waals surface area contributed by atoms with Crippen molar-refractivity contribution in [3.63, 3.8) is 0 Å². The molecule has 0 radical (unpaired) electrons. The molecule has 0 aliphatic carbocycles. The van der Waals surface area contributed by atoms with Gasteiger partial charge in [0.25, 0.3) is 0 Å². The summed E-state index contributed by atoms with van der Waals surface area (Å²) < 4.78 is 26.5. The Kier molecular flexibility index (Phi) is 4.62. The van der Waals surface area contributed by atoms with Crippen molar-refractivity contribution in [2.24, 2.45) is 0 Å². The third-order valence-electron chi connectivity index (χ3n) is 2.67. The summed E-state index contributed by atoms with van der Waals surface area (Å²) in [5.41, 5.74) is 0.790. The molecular weight excluding hydrogens is 302 g/mol. The molecule has 0 spiro atoms. The molecule has 102 valence electrons. The van der Waals surface area contributed by atoms with Crippen molar-refractivity contribution in [3.8, 4) is 0 Å². The molecule has 0 fully saturated rings. The number of hydrogen-bond donors (Lipinski definition) is 0. The number of benzene rings is 1. The maximum atomic E-state index is 12.2. The van der Waals surface area contributed by atoms with Crippen LogP contribution in [-0.4, -0.2) is 19.8 Å². The Labute approximate surface area is 122 Å². The summed E-state index contributed by atoms with van der Waals surface area (Å²) in [6.07, 6.45) is 0. The number of rotatable bonds is 5. The van der Waals surface area contributed by atoms with Gasteiger partial charge in [0.1, 0.15) is 0 Å². The summed E-state index contributed by atoms with van der Waals surface area (Å²) >= 11 is 7.24. The summed E-state index contributed by atoms with van der Waals surface area (Å²) in [6.45, 7) is 0.354. The first-order valence-electron chi connectivity index (χ1n) is 5.69. The average Bonchev–Trinajstić information content (AvgIpc) is 2.75. The lowest BCUT2D eigenvalue weighted by molar-refractivity contribution is 0.469. The van der Waals surface area contributed by atoms with E-state index in [1.807, 2.05) is 36.4 Å². The van der Waals surface area contributed by atoms with Crippen molar-refractivity contribution in [1.82, 2.24) is 4.31 Å². The molecule has 0 saturated carbocycles. The highest BCUT2D eigenvalue weighted by Gasteiger charge is 2.19. The zero-order valence-corrected chi connectivity index (χ0v) is 12.8. The van der Waals surface area contributed by atoms with Crippen LogP contribution in [0.1, 0.15) is 10.4 Å². The highest BCUT2D eigenvalue weighted by atomic mass is 35.5. The van der Waals surface area contributed by atoms with Gasteiger partial charge in [-0.2, -0.15) is 4.31 Å². The maximum Gasteiger partial charge on any atom is 0.218 e. The smallest absolute Gasteiger partial charge is 0.212 e. The van der Waals surface area contributed by atoms with Gasteiger partial charge in [0.05, 0.1) is 10.1 Å². The van der Waals surface area contributed by atoms with Crippen molar-refractivity contribution in [3.05, 3.63) is 57.2 Å². The largest absolute Gasteiger partial charge is 0.218 e. The number of sulfonamides is 1. The highest BCUT2D eigenvalue weighted by Crippen LogP contribution is 2.23. The molecule has 6 heteroatoms. The van der Waals surface area contributed by atoms with Gasteiger partial charge in [0.2, 0.25) is 10.0 Å². The normalized spacial score (nSPS) is 11.9. The van der Waals surface area contributed by atoms with Crippen LogP contribution >= 0.6 is 22.9 Å². The average molecular weight is 316 g/mol. The highest BCUT2D eigenvalue weighted by molar-refractivity contribution is 7.88. The molecule has 0 aliphatic rings. The Hall–Kier alpha value is -0.880. The Morgan fingerprint density at radius 3 is 2.42 bits per heavy atom. The summed E-state index contributed by atoms with van der Waals surface area (Å²) in [5, 5.41) is 0. The van der Waals surface area contributed by atoms with E-state index in [1.54, 1.807) is 13.1 Å². The van der Waals surface area contributed by atoms with Crippen molar-refractivity contribution in [2.45, 2.75) is 12.3 Å². The molecule has 2 rings (SSSR count). The minimum atomic E-state index is -3.31. The summed E-state index contributed by atoms with van der Waals surface area (Å²) in [6, 6.07) is 12.8. The van der Waals surface area contributed by atoms with Crippen LogP contribution in [0.15, 0.2) is 42.5 Å². The van der Waals surface area contributed by atoms with Crippen molar-refractivity contribution in [2.75, 3.05) is 7.05 Å². The lowest BCUT2D eigenvalue weighted by atomic mass is 10.2. The minimum absolute atomic E-state index is 0.0173. The van der Waals surface area contributed by atoms with E-state index in [-0.39, 0.29) is 5.75 Å². The Bertz CT molecular complexity index is 638. The number of hydrogen-bond acceptors (Lipinski definition) is 3. The molecule has 0 atom stereocenters. The number of halogens is 1. The molecule has 0 N–H and O–H groups in total. The summed E-state index contributed by atoms with van der Waals surface area (Å²) in [5.74, 6) is 0.0173. The van der Waals surface area contributed by atoms with Gasteiger partial charge in [0, 0.05) is 18.5 Å². The van der Waals surface area contributed by atoms with Crippen LogP contribution in [0.3, 0.4) is 0 Å². The van der Waals surface area contributed by atoms with Crippen LogP contribution in [0.2, 0.25) is 4.34 Å². The van der Waals surface area contributed by atoms with E-state index in [0.29, 0.717) is 10.9 Å². The van der Waals surface area contributed by atoms with Crippen molar-refractivity contribution in [1.29, 1.82) is 0 Å². The molecule has 2 aromatic rings. The van der Waals surface area contributed by atoms with Crippen LogP contribution in [-0.2, 0) is 22.3 Å². The van der Waals surface area contributed by atoms with Crippen LogP contribution in [0, 0.1) is 0 Å². The molecule has 3 nitrogen and oxygen atoms in total. The Balaban J connectivity index is 2.07.